The molecule has 0 fully saturated rings. The van der Waals surface area contributed by atoms with Gasteiger partial charge in [-0.1, -0.05) is 123 Å². The lowest BCUT2D eigenvalue weighted by Gasteiger charge is -2.15. The van der Waals surface area contributed by atoms with E-state index >= 15 is 0 Å². The van der Waals surface area contributed by atoms with Crippen molar-refractivity contribution in [3.05, 3.63) is 158 Å². The molecule has 0 N–H and O–H groups in total. The van der Waals surface area contributed by atoms with Crippen molar-refractivity contribution in [1.82, 2.24) is 19.9 Å². The van der Waals surface area contributed by atoms with Gasteiger partial charge in [0, 0.05) is 40.6 Å². The Bertz CT molecular complexity index is 2310. The Morgan fingerprint density at radius 1 is 0.426 bits per heavy atom. The van der Waals surface area contributed by atoms with E-state index in [0.29, 0.717) is 5.82 Å². The standard InChI is InChI=1S/C43H32N4/c1-28(2)42-44-26-35(27-45-42)32-21-33(39-24-31-17-9-10-18-36(31)37-19-11-12-20-38(37)39)23-34(22-32)41-25-40(29-13-5-3-6-14-29)46-43(47-41)30-15-7-4-8-16-30/h3-28H,1-2H3. The van der Waals surface area contributed by atoms with Gasteiger partial charge in [0.2, 0.25) is 0 Å². The highest BCUT2D eigenvalue weighted by atomic mass is 14.9. The maximum Gasteiger partial charge on any atom is 0.160 e. The molecule has 0 aliphatic heterocycles. The van der Waals surface area contributed by atoms with Gasteiger partial charge in [-0.05, 0) is 68.6 Å². The van der Waals surface area contributed by atoms with Gasteiger partial charge in [0.1, 0.15) is 5.82 Å². The highest BCUT2D eigenvalue weighted by Crippen LogP contribution is 2.39. The summed E-state index contributed by atoms with van der Waals surface area (Å²) in [7, 11) is 0. The number of rotatable bonds is 6. The summed E-state index contributed by atoms with van der Waals surface area (Å²) in [5.74, 6) is 1.78. The maximum atomic E-state index is 5.18. The Morgan fingerprint density at radius 2 is 0.979 bits per heavy atom. The molecular weight excluding hydrogens is 573 g/mol. The first-order valence-corrected chi connectivity index (χ1v) is 16.0. The molecule has 0 saturated heterocycles. The predicted molar refractivity (Wildman–Crippen MR) is 194 cm³/mol. The number of benzene rings is 6. The van der Waals surface area contributed by atoms with E-state index in [2.05, 4.69) is 117 Å². The summed E-state index contributed by atoms with van der Waals surface area (Å²) >= 11 is 0. The average molecular weight is 605 g/mol. The van der Waals surface area contributed by atoms with Crippen LogP contribution in [0.25, 0.3) is 77.7 Å². The predicted octanol–water partition coefficient (Wildman–Crippen LogP) is 11.0. The molecule has 8 aromatic rings. The molecule has 6 aromatic carbocycles. The first-order valence-electron chi connectivity index (χ1n) is 16.0. The van der Waals surface area contributed by atoms with Crippen LogP contribution in [0, 0.1) is 0 Å². The second kappa shape index (κ2) is 12.1. The van der Waals surface area contributed by atoms with Gasteiger partial charge in [-0.25, -0.2) is 19.9 Å². The van der Waals surface area contributed by atoms with Gasteiger partial charge >= 0.3 is 0 Å². The van der Waals surface area contributed by atoms with Crippen molar-refractivity contribution in [2.45, 2.75) is 19.8 Å². The summed E-state index contributed by atoms with van der Waals surface area (Å²) in [6, 6.07) is 48.9. The molecule has 0 unspecified atom stereocenters. The molecule has 8 rings (SSSR count). The van der Waals surface area contributed by atoms with Gasteiger partial charge in [0.15, 0.2) is 5.82 Å². The molecule has 47 heavy (non-hydrogen) atoms. The molecule has 0 radical (unpaired) electrons. The minimum absolute atomic E-state index is 0.253. The quantitative estimate of drug-likeness (QED) is 0.177. The van der Waals surface area contributed by atoms with Crippen molar-refractivity contribution in [1.29, 1.82) is 0 Å². The topological polar surface area (TPSA) is 51.6 Å². The van der Waals surface area contributed by atoms with E-state index in [4.69, 9.17) is 19.9 Å². The van der Waals surface area contributed by atoms with Crippen molar-refractivity contribution in [3.63, 3.8) is 0 Å². The highest BCUT2D eigenvalue weighted by molar-refractivity contribution is 6.14. The van der Waals surface area contributed by atoms with Crippen LogP contribution in [-0.2, 0) is 0 Å². The Hall–Kier alpha value is -6.00. The number of hydrogen-bond donors (Lipinski definition) is 0. The normalized spacial score (nSPS) is 11.4. The monoisotopic (exact) mass is 604 g/mol. The van der Waals surface area contributed by atoms with Crippen LogP contribution in [0.4, 0.5) is 0 Å². The molecule has 0 spiro atoms. The van der Waals surface area contributed by atoms with Gasteiger partial charge in [0.25, 0.3) is 0 Å². The summed E-state index contributed by atoms with van der Waals surface area (Å²) in [5.41, 5.74) is 9.02. The van der Waals surface area contributed by atoms with Crippen molar-refractivity contribution in [2.24, 2.45) is 0 Å². The SMILES string of the molecule is CC(C)c1ncc(-c2cc(-c3cc(-c4ccccc4)nc(-c4ccccc4)n3)cc(-c3cc4ccccc4c4ccccc34)c2)cn1. The summed E-state index contributed by atoms with van der Waals surface area (Å²) in [6.07, 6.45) is 3.88. The summed E-state index contributed by atoms with van der Waals surface area (Å²) in [6.45, 7) is 4.23. The first kappa shape index (κ1) is 28.5. The lowest BCUT2D eigenvalue weighted by Crippen LogP contribution is -1.98. The largest absolute Gasteiger partial charge is 0.240 e. The van der Waals surface area contributed by atoms with Crippen LogP contribution in [0.5, 0.6) is 0 Å². The van der Waals surface area contributed by atoms with Crippen LogP contribution in [0.15, 0.2) is 152 Å². The molecule has 0 bridgehead atoms. The minimum Gasteiger partial charge on any atom is -0.240 e. The third-order valence-corrected chi connectivity index (χ3v) is 8.66. The fraction of sp³-hybridized carbons (Fsp3) is 0.0698. The van der Waals surface area contributed by atoms with Crippen LogP contribution >= 0.6 is 0 Å². The van der Waals surface area contributed by atoms with E-state index in [1.54, 1.807) is 0 Å². The van der Waals surface area contributed by atoms with E-state index in [9.17, 15) is 0 Å². The molecule has 2 aromatic heterocycles. The molecule has 0 atom stereocenters. The maximum absolute atomic E-state index is 5.18. The van der Waals surface area contributed by atoms with E-state index < -0.39 is 0 Å². The smallest absolute Gasteiger partial charge is 0.160 e. The van der Waals surface area contributed by atoms with Gasteiger partial charge in [-0.3, -0.25) is 0 Å². The summed E-state index contributed by atoms with van der Waals surface area (Å²) in [4.78, 5) is 19.6. The molecule has 224 valence electrons. The zero-order valence-corrected chi connectivity index (χ0v) is 26.3. The first-order chi connectivity index (χ1) is 23.1. The van der Waals surface area contributed by atoms with Crippen LogP contribution in [0.1, 0.15) is 25.6 Å². The molecule has 4 nitrogen and oxygen atoms in total. The van der Waals surface area contributed by atoms with Crippen molar-refractivity contribution >= 4 is 21.5 Å². The summed E-state index contributed by atoms with van der Waals surface area (Å²) < 4.78 is 0. The van der Waals surface area contributed by atoms with Crippen LogP contribution in [0.3, 0.4) is 0 Å². The summed E-state index contributed by atoms with van der Waals surface area (Å²) in [5, 5.41) is 4.89. The molecule has 0 saturated carbocycles. The second-order valence-electron chi connectivity index (χ2n) is 12.2. The van der Waals surface area contributed by atoms with E-state index in [-0.39, 0.29) is 5.92 Å². The Kier molecular flexibility index (Phi) is 7.31. The van der Waals surface area contributed by atoms with Crippen LogP contribution in [-0.4, -0.2) is 19.9 Å². The molecule has 0 aliphatic rings. The Balaban J connectivity index is 1.40. The number of hydrogen-bond acceptors (Lipinski definition) is 4. The number of nitrogens with zero attached hydrogens (tertiary/aromatic N) is 4. The minimum atomic E-state index is 0.253. The van der Waals surface area contributed by atoms with Gasteiger partial charge < -0.3 is 0 Å². The third kappa shape index (κ3) is 5.55. The number of aromatic nitrogens is 4. The van der Waals surface area contributed by atoms with E-state index in [0.717, 1.165) is 50.6 Å². The van der Waals surface area contributed by atoms with Crippen LogP contribution < -0.4 is 0 Å². The van der Waals surface area contributed by atoms with Crippen molar-refractivity contribution < 1.29 is 0 Å². The van der Waals surface area contributed by atoms with Crippen molar-refractivity contribution in [3.8, 4) is 56.2 Å². The molecule has 2 heterocycles. The average Bonchev–Trinajstić information content (AvgIpc) is 3.15. The zero-order chi connectivity index (χ0) is 31.7. The van der Waals surface area contributed by atoms with Gasteiger partial charge in [0.05, 0.1) is 11.4 Å². The Labute approximate surface area is 274 Å². The van der Waals surface area contributed by atoms with Gasteiger partial charge in [-0.15, -0.1) is 0 Å². The van der Waals surface area contributed by atoms with E-state index in [1.807, 2.05) is 48.8 Å². The second-order valence-corrected chi connectivity index (χ2v) is 12.2. The third-order valence-electron chi connectivity index (χ3n) is 8.66. The molecular formula is C43H32N4. The van der Waals surface area contributed by atoms with Crippen LogP contribution in [0.2, 0.25) is 0 Å². The highest BCUT2D eigenvalue weighted by Gasteiger charge is 2.16. The zero-order valence-electron chi connectivity index (χ0n) is 26.3. The molecule has 0 aliphatic carbocycles. The Morgan fingerprint density at radius 3 is 1.68 bits per heavy atom. The molecule has 0 amide bonds. The van der Waals surface area contributed by atoms with E-state index in [1.165, 1.54) is 27.1 Å². The molecule has 4 heteroatoms. The lowest BCUT2D eigenvalue weighted by molar-refractivity contribution is 0.775. The fourth-order valence-corrected chi connectivity index (χ4v) is 6.24. The lowest BCUT2D eigenvalue weighted by atomic mass is 9.90. The van der Waals surface area contributed by atoms with Gasteiger partial charge in [-0.2, -0.15) is 0 Å². The van der Waals surface area contributed by atoms with Crippen molar-refractivity contribution in [2.75, 3.05) is 0 Å². The number of fused-ring (bicyclic) bond motifs is 3. The fourth-order valence-electron chi connectivity index (χ4n) is 6.24.